The maximum absolute atomic E-state index is 13.4. The molecule has 2 atom stereocenters. The fourth-order valence-corrected chi connectivity index (χ4v) is 4.75. The van der Waals surface area contributed by atoms with Crippen molar-refractivity contribution in [2.75, 3.05) is 7.11 Å². The molecule has 0 bridgehead atoms. The van der Waals surface area contributed by atoms with Crippen molar-refractivity contribution in [3.63, 3.8) is 0 Å². The summed E-state index contributed by atoms with van der Waals surface area (Å²) in [6.07, 6.45) is -4.01. The Labute approximate surface area is 212 Å². The summed E-state index contributed by atoms with van der Waals surface area (Å²) in [7, 11) is 2.84. The highest BCUT2D eigenvalue weighted by Crippen LogP contribution is 2.45. The summed E-state index contributed by atoms with van der Waals surface area (Å²) in [4.78, 5) is 11.8. The summed E-state index contributed by atoms with van der Waals surface area (Å²) in [5, 5.41) is 12.0. The number of hydrogen-bond acceptors (Lipinski definition) is 5. The van der Waals surface area contributed by atoms with Gasteiger partial charge in [-0.1, -0.05) is 17.7 Å². The van der Waals surface area contributed by atoms with Crippen LogP contribution in [0.5, 0.6) is 0 Å². The molecule has 1 N–H and O–H groups in total. The van der Waals surface area contributed by atoms with Crippen LogP contribution in [0.2, 0.25) is 0 Å². The number of aryl methyl sites for hydroxylation is 1. The van der Waals surface area contributed by atoms with E-state index in [1.165, 1.54) is 36.3 Å². The molecular formula is C24H21ClF6N4O2. The molecule has 1 aliphatic carbocycles. The quantitative estimate of drug-likeness (QED) is 0.496. The molecule has 0 spiro atoms. The number of alkyl halides is 6. The second-order valence-electron chi connectivity index (χ2n) is 8.58. The Balaban J connectivity index is 1.85. The van der Waals surface area contributed by atoms with Crippen LogP contribution >= 0.6 is 11.6 Å². The topological polar surface area (TPSA) is 72.5 Å². The molecule has 0 fully saturated rings. The number of rotatable bonds is 5. The molecule has 6 nitrogen and oxygen atoms in total. The third-order valence-electron chi connectivity index (χ3n) is 6.21. The minimum absolute atomic E-state index is 0.00948. The smallest absolute Gasteiger partial charge is 0.433 e. The number of nitrogens with zero attached hydrogens (tertiary/aromatic N) is 4. The Morgan fingerprint density at radius 3 is 2.54 bits per heavy atom. The lowest BCUT2D eigenvalue weighted by molar-refractivity contribution is -0.141. The molecule has 0 saturated carbocycles. The summed E-state index contributed by atoms with van der Waals surface area (Å²) in [6, 6.07) is 1.38. The van der Waals surface area contributed by atoms with Crippen LogP contribution in [0.15, 0.2) is 69.7 Å². The van der Waals surface area contributed by atoms with Crippen LogP contribution in [0, 0.1) is 0 Å². The van der Waals surface area contributed by atoms with Gasteiger partial charge in [-0.3, -0.25) is 4.98 Å². The molecule has 4 rings (SSSR count). The summed E-state index contributed by atoms with van der Waals surface area (Å²) < 4.78 is 85.7. The van der Waals surface area contributed by atoms with Crippen molar-refractivity contribution in [2.24, 2.45) is 12.0 Å². The standard InChI is InChI=1S/C24H21ClF6N4O2/c1-35-12-32-11-19(35)23(36,14-6-8-33-18(10-14)24(29,30)31)13-3-4-17-16(9-13)20(25)15(21(34-17)37-2)5-7-22(26,27)28/h3,6,8-12,17,36H,4-5,7H2,1-2H3. The number of ether oxygens (including phenoxy) is 1. The largest absolute Gasteiger partial charge is 0.481 e. The van der Waals surface area contributed by atoms with Crippen molar-refractivity contribution in [2.45, 2.75) is 43.3 Å². The molecule has 2 unspecified atom stereocenters. The number of pyridine rings is 1. The van der Waals surface area contributed by atoms with Gasteiger partial charge in [0.25, 0.3) is 0 Å². The van der Waals surface area contributed by atoms with Gasteiger partial charge in [0.15, 0.2) is 5.60 Å². The van der Waals surface area contributed by atoms with Crippen molar-refractivity contribution in [3.05, 3.63) is 81.7 Å². The maximum atomic E-state index is 13.4. The average Bonchev–Trinajstić information content (AvgIpc) is 3.27. The van der Waals surface area contributed by atoms with Gasteiger partial charge in [0.1, 0.15) is 5.69 Å². The number of methoxy groups -OCH3 is 1. The van der Waals surface area contributed by atoms with Crippen LogP contribution in [0.4, 0.5) is 26.3 Å². The van der Waals surface area contributed by atoms with E-state index >= 15 is 0 Å². The van der Waals surface area contributed by atoms with Crippen molar-refractivity contribution in [3.8, 4) is 0 Å². The van der Waals surface area contributed by atoms with Gasteiger partial charge >= 0.3 is 12.4 Å². The van der Waals surface area contributed by atoms with E-state index in [1.54, 1.807) is 13.1 Å². The van der Waals surface area contributed by atoms with Gasteiger partial charge in [-0.15, -0.1) is 0 Å². The van der Waals surface area contributed by atoms with E-state index in [-0.39, 0.29) is 39.8 Å². The number of fused-ring (bicyclic) bond motifs is 1. The van der Waals surface area contributed by atoms with E-state index in [1.807, 2.05) is 0 Å². The first-order chi connectivity index (χ1) is 17.3. The highest BCUT2D eigenvalue weighted by Gasteiger charge is 2.43. The Hall–Kier alpha value is -3.12. The van der Waals surface area contributed by atoms with Crippen LogP contribution in [0.1, 0.15) is 36.2 Å². The molecule has 2 aromatic heterocycles. The number of imidazole rings is 1. The van der Waals surface area contributed by atoms with Crippen molar-refractivity contribution in [1.29, 1.82) is 0 Å². The Bertz CT molecular complexity index is 1320. The third kappa shape index (κ3) is 5.17. The van der Waals surface area contributed by atoms with Crippen molar-refractivity contribution >= 4 is 17.5 Å². The molecule has 1 aliphatic heterocycles. The second-order valence-corrected chi connectivity index (χ2v) is 8.96. The fraction of sp³-hybridized carbons (Fsp3) is 0.375. The van der Waals surface area contributed by atoms with Crippen LogP contribution in [0.25, 0.3) is 0 Å². The number of hydrogen-bond donors (Lipinski definition) is 1. The lowest BCUT2D eigenvalue weighted by Gasteiger charge is -2.35. The maximum Gasteiger partial charge on any atom is 0.433 e. The van der Waals surface area contributed by atoms with E-state index < -0.39 is 42.5 Å². The van der Waals surface area contributed by atoms with E-state index in [9.17, 15) is 31.4 Å². The van der Waals surface area contributed by atoms with E-state index in [2.05, 4.69) is 15.0 Å². The van der Waals surface area contributed by atoms with Crippen LogP contribution in [-0.4, -0.2) is 44.9 Å². The average molecular weight is 547 g/mol. The summed E-state index contributed by atoms with van der Waals surface area (Å²) >= 11 is 6.56. The fourth-order valence-electron chi connectivity index (χ4n) is 4.40. The van der Waals surface area contributed by atoms with Crippen molar-refractivity contribution < 1.29 is 36.2 Å². The summed E-state index contributed by atoms with van der Waals surface area (Å²) in [5.74, 6) is -0.0147. The SMILES string of the molecule is COC1=NC2CC=C(C(O)(c3ccnc(C(F)(F)F)c3)c3cncn3C)C=C2C(Cl)=C1CCC(F)(F)F. The van der Waals surface area contributed by atoms with Crippen LogP contribution in [0.3, 0.4) is 0 Å². The lowest BCUT2D eigenvalue weighted by atomic mass is 9.78. The van der Waals surface area contributed by atoms with Crippen molar-refractivity contribution in [1.82, 2.24) is 14.5 Å². The van der Waals surface area contributed by atoms with Gasteiger partial charge in [0.2, 0.25) is 5.90 Å². The first-order valence-electron chi connectivity index (χ1n) is 11.0. The predicted octanol–water partition coefficient (Wildman–Crippen LogP) is 5.59. The minimum atomic E-state index is -4.76. The number of halogens is 7. The van der Waals surface area contributed by atoms with Crippen LogP contribution < -0.4 is 0 Å². The summed E-state index contributed by atoms with van der Waals surface area (Å²) in [6.45, 7) is 0. The van der Waals surface area contributed by atoms with Crippen LogP contribution in [-0.2, 0) is 23.6 Å². The van der Waals surface area contributed by atoms with Gasteiger partial charge in [-0.2, -0.15) is 26.3 Å². The molecule has 0 aromatic carbocycles. The van der Waals surface area contributed by atoms with E-state index in [0.29, 0.717) is 5.57 Å². The van der Waals surface area contributed by atoms with Gasteiger partial charge in [-0.05, 0) is 47.8 Å². The molecule has 0 saturated heterocycles. The van der Waals surface area contributed by atoms with Gasteiger partial charge in [-0.25, -0.2) is 9.98 Å². The third-order valence-corrected chi connectivity index (χ3v) is 6.65. The summed E-state index contributed by atoms with van der Waals surface area (Å²) in [5.41, 5.74) is -2.77. The molecule has 3 heterocycles. The molecule has 2 aliphatic rings. The highest BCUT2D eigenvalue weighted by atomic mass is 35.5. The number of aromatic nitrogens is 3. The predicted molar refractivity (Wildman–Crippen MR) is 123 cm³/mol. The molecule has 13 heteroatoms. The zero-order chi connectivity index (χ0) is 27.2. The zero-order valence-electron chi connectivity index (χ0n) is 19.5. The number of aliphatic hydroxyl groups is 1. The van der Waals surface area contributed by atoms with Gasteiger partial charge < -0.3 is 14.4 Å². The lowest BCUT2D eigenvalue weighted by Crippen LogP contribution is -2.34. The number of dihydropyridines is 1. The van der Waals surface area contributed by atoms with E-state index in [0.717, 1.165) is 12.3 Å². The molecule has 198 valence electrons. The Morgan fingerprint density at radius 1 is 1.22 bits per heavy atom. The minimum Gasteiger partial charge on any atom is -0.481 e. The Morgan fingerprint density at radius 2 is 1.95 bits per heavy atom. The molecule has 2 aromatic rings. The molecule has 0 amide bonds. The monoisotopic (exact) mass is 546 g/mol. The first kappa shape index (κ1) is 26.9. The molecule has 37 heavy (non-hydrogen) atoms. The zero-order valence-corrected chi connectivity index (χ0v) is 20.3. The first-order valence-corrected chi connectivity index (χ1v) is 11.4. The van der Waals surface area contributed by atoms with E-state index in [4.69, 9.17) is 16.3 Å². The number of aliphatic imine (C=N–C) groups is 1. The Kier molecular flexibility index (Phi) is 7.02. The highest BCUT2D eigenvalue weighted by molar-refractivity contribution is 6.35. The van der Waals surface area contributed by atoms with Gasteiger partial charge in [0.05, 0.1) is 36.4 Å². The normalized spacial score (nSPS) is 20.1. The van der Waals surface area contributed by atoms with Gasteiger partial charge in [0, 0.05) is 25.2 Å². The molecule has 0 radical (unpaired) electrons. The molecular weight excluding hydrogens is 526 g/mol. The second kappa shape index (κ2) is 9.64.